The summed E-state index contributed by atoms with van der Waals surface area (Å²) in [6.07, 6.45) is 7.84. The van der Waals surface area contributed by atoms with Crippen LogP contribution in [-0.4, -0.2) is 41.0 Å². The molecule has 1 fully saturated rings. The van der Waals surface area contributed by atoms with Gasteiger partial charge in [0, 0.05) is 43.0 Å². The molecule has 0 amide bonds. The van der Waals surface area contributed by atoms with Crippen LogP contribution in [0.25, 0.3) is 11.3 Å². The fourth-order valence-corrected chi connectivity index (χ4v) is 5.35. The van der Waals surface area contributed by atoms with Gasteiger partial charge in [0.15, 0.2) is 5.13 Å². The van der Waals surface area contributed by atoms with E-state index in [9.17, 15) is 0 Å². The molecule has 0 aliphatic carbocycles. The minimum atomic E-state index is 0.848. The summed E-state index contributed by atoms with van der Waals surface area (Å²) >= 11 is 1.76. The number of benzene rings is 1. The van der Waals surface area contributed by atoms with Gasteiger partial charge in [-0.2, -0.15) is 0 Å². The molecule has 0 spiro atoms. The summed E-state index contributed by atoms with van der Waals surface area (Å²) in [4.78, 5) is 14.4. The third-order valence-electron chi connectivity index (χ3n) is 5.93. The van der Waals surface area contributed by atoms with Gasteiger partial charge in [-0.1, -0.05) is 30.2 Å². The standard InChI is InChI=1S/C25H32N4S/c1-19-14-20(2)24(21(3)15-19)23-18-30-25(27-23)29(17-22-8-7-9-26-16-22)13-12-28-10-5-4-6-11-28/h7-9,14-16,18H,4-6,10-13,17H2,1-3H3. The van der Waals surface area contributed by atoms with E-state index in [-0.39, 0.29) is 0 Å². The van der Waals surface area contributed by atoms with Crippen LogP contribution in [-0.2, 0) is 6.54 Å². The number of aromatic nitrogens is 2. The van der Waals surface area contributed by atoms with E-state index in [2.05, 4.69) is 59.1 Å². The van der Waals surface area contributed by atoms with E-state index in [0.717, 1.165) is 30.5 Å². The van der Waals surface area contributed by atoms with E-state index in [1.54, 1.807) is 11.3 Å². The minimum absolute atomic E-state index is 0.848. The van der Waals surface area contributed by atoms with E-state index < -0.39 is 0 Å². The topological polar surface area (TPSA) is 32.3 Å². The average molecular weight is 421 g/mol. The first-order chi connectivity index (χ1) is 14.6. The van der Waals surface area contributed by atoms with Crippen molar-refractivity contribution < 1.29 is 0 Å². The molecule has 158 valence electrons. The maximum absolute atomic E-state index is 5.10. The van der Waals surface area contributed by atoms with Gasteiger partial charge in [-0.3, -0.25) is 4.98 Å². The highest BCUT2D eigenvalue weighted by Crippen LogP contribution is 2.33. The van der Waals surface area contributed by atoms with Crippen LogP contribution in [0, 0.1) is 20.8 Å². The molecule has 4 rings (SSSR count). The fraction of sp³-hybridized carbons (Fsp3) is 0.440. The summed E-state index contributed by atoms with van der Waals surface area (Å²) in [5.74, 6) is 0. The lowest BCUT2D eigenvalue weighted by Gasteiger charge is -2.30. The summed E-state index contributed by atoms with van der Waals surface area (Å²) < 4.78 is 0. The zero-order chi connectivity index (χ0) is 20.9. The monoisotopic (exact) mass is 420 g/mol. The predicted octanol–water partition coefficient (Wildman–Crippen LogP) is 5.62. The molecule has 5 heteroatoms. The van der Waals surface area contributed by atoms with Gasteiger partial charge in [-0.25, -0.2) is 4.98 Å². The Labute approximate surface area is 184 Å². The Balaban J connectivity index is 1.57. The number of anilines is 1. The zero-order valence-electron chi connectivity index (χ0n) is 18.4. The van der Waals surface area contributed by atoms with Gasteiger partial charge in [-0.05, 0) is 69.5 Å². The molecule has 1 aliphatic rings. The van der Waals surface area contributed by atoms with Crippen molar-refractivity contribution in [1.82, 2.24) is 14.9 Å². The molecule has 30 heavy (non-hydrogen) atoms. The molecule has 4 nitrogen and oxygen atoms in total. The van der Waals surface area contributed by atoms with Crippen LogP contribution in [0.2, 0.25) is 0 Å². The van der Waals surface area contributed by atoms with Crippen LogP contribution in [0.5, 0.6) is 0 Å². The normalized spacial score (nSPS) is 14.8. The molecule has 0 radical (unpaired) electrons. The molecule has 3 heterocycles. The summed E-state index contributed by atoms with van der Waals surface area (Å²) in [5.41, 5.74) is 7.52. The van der Waals surface area contributed by atoms with Gasteiger partial charge in [0.2, 0.25) is 0 Å². The second-order valence-electron chi connectivity index (χ2n) is 8.47. The van der Waals surface area contributed by atoms with Crippen molar-refractivity contribution >= 4 is 16.5 Å². The van der Waals surface area contributed by atoms with Gasteiger partial charge in [0.05, 0.1) is 5.69 Å². The number of likely N-dealkylation sites (tertiary alicyclic amines) is 1. The molecular formula is C25H32N4S. The van der Waals surface area contributed by atoms with Crippen LogP contribution in [0.4, 0.5) is 5.13 Å². The number of thiazole rings is 1. The predicted molar refractivity (Wildman–Crippen MR) is 127 cm³/mol. The summed E-state index contributed by atoms with van der Waals surface area (Å²) in [7, 11) is 0. The van der Waals surface area contributed by atoms with Crippen molar-refractivity contribution in [2.45, 2.75) is 46.6 Å². The maximum Gasteiger partial charge on any atom is 0.186 e. The molecule has 2 aromatic heterocycles. The van der Waals surface area contributed by atoms with Crippen LogP contribution in [0.1, 0.15) is 41.5 Å². The minimum Gasteiger partial charge on any atom is -0.342 e. The smallest absolute Gasteiger partial charge is 0.186 e. The number of aryl methyl sites for hydroxylation is 3. The third kappa shape index (κ3) is 5.08. The summed E-state index contributed by atoms with van der Waals surface area (Å²) in [6.45, 7) is 11.9. The molecule has 0 bridgehead atoms. The number of piperidine rings is 1. The van der Waals surface area contributed by atoms with Crippen molar-refractivity contribution in [3.63, 3.8) is 0 Å². The van der Waals surface area contributed by atoms with Crippen molar-refractivity contribution in [3.05, 3.63) is 64.3 Å². The fourth-order valence-electron chi connectivity index (χ4n) is 4.51. The highest BCUT2D eigenvalue weighted by atomic mass is 32.1. The summed E-state index contributed by atoms with van der Waals surface area (Å²) in [6, 6.07) is 8.68. The molecule has 1 saturated heterocycles. The zero-order valence-corrected chi connectivity index (χ0v) is 19.2. The highest BCUT2D eigenvalue weighted by molar-refractivity contribution is 7.14. The van der Waals surface area contributed by atoms with Crippen LogP contribution in [0.3, 0.4) is 0 Å². The number of rotatable bonds is 7. The van der Waals surface area contributed by atoms with Crippen molar-refractivity contribution in [1.29, 1.82) is 0 Å². The van der Waals surface area contributed by atoms with Crippen molar-refractivity contribution in [2.24, 2.45) is 0 Å². The second-order valence-corrected chi connectivity index (χ2v) is 9.31. The number of hydrogen-bond donors (Lipinski definition) is 0. The van der Waals surface area contributed by atoms with Crippen LogP contribution in [0.15, 0.2) is 42.0 Å². The lowest BCUT2D eigenvalue weighted by atomic mass is 9.98. The lowest BCUT2D eigenvalue weighted by molar-refractivity contribution is 0.233. The Morgan fingerprint density at radius 1 is 1.07 bits per heavy atom. The molecule has 0 atom stereocenters. The van der Waals surface area contributed by atoms with Crippen LogP contribution < -0.4 is 4.90 Å². The molecule has 3 aromatic rings. The SMILES string of the molecule is Cc1cc(C)c(-c2csc(N(CCN3CCCCC3)Cc3cccnc3)n2)c(C)c1. The van der Waals surface area contributed by atoms with E-state index >= 15 is 0 Å². The first kappa shape index (κ1) is 21.0. The number of hydrogen-bond acceptors (Lipinski definition) is 5. The third-order valence-corrected chi connectivity index (χ3v) is 6.83. The molecule has 0 saturated carbocycles. The van der Waals surface area contributed by atoms with E-state index in [1.165, 1.54) is 60.2 Å². The average Bonchev–Trinajstić information content (AvgIpc) is 3.21. The van der Waals surface area contributed by atoms with Crippen molar-refractivity contribution in [3.8, 4) is 11.3 Å². The van der Waals surface area contributed by atoms with Crippen LogP contribution >= 0.6 is 11.3 Å². The Morgan fingerprint density at radius 2 is 1.83 bits per heavy atom. The Bertz CT molecular complexity index is 937. The van der Waals surface area contributed by atoms with Gasteiger partial charge in [0.1, 0.15) is 0 Å². The first-order valence-corrected chi connectivity index (χ1v) is 11.9. The van der Waals surface area contributed by atoms with Crippen molar-refractivity contribution in [2.75, 3.05) is 31.1 Å². The quantitative estimate of drug-likeness (QED) is 0.496. The molecular weight excluding hydrogens is 388 g/mol. The van der Waals surface area contributed by atoms with E-state index in [0.29, 0.717) is 0 Å². The first-order valence-electron chi connectivity index (χ1n) is 11.0. The molecule has 0 N–H and O–H groups in total. The number of nitrogens with zero attached hydrogens (tertiary/aromatic N) is 4. The van der Waals surface area contributed by atoms with Gasteiger partial charge < -0.3 is 9.80 Å². The Hall–Kier alpha value is -2.24. The summed E-state index contributed by atoms with van der Waals surface area (Å²) in [5, 5.41) is 3.32. The molecule has 1 aliphatic heterocycles. The molecule has 0 unspecified atom stereocenters. The van der Waals surface area contributed by atoms with E-state index in [1.807, 2.05) is 18.5 Å². The van der Waals surface area contributed by atoms with Gasteiger partial charge in [-0.15, -0.1) is 11.3 Å². The maximum atomic E-state index is 5.10. The number of pyridine rings is 1. The van der Waals surface area contributed by atoms with Gasteiger partial charge >= 0.3 is 0 Å². The van der Waals surface area contributed by atoms with Gasteiger partial charge in [0.25, 0.3) is 0 Å². The largest absolute Gasteiger partial charge is 0.342 e. The second kappa shape index (κ2) is 9.71. The highest BCUT2D eigenvalue weighted by Gasteiger charge is 2.17. The Morgan fingerprint density at radius 3 is 2.53 bits per heavy atom. The Kier molecular flexibility index (Phi) is 6.80. The molecule has 1 aromatic carbocycles. The van der Waals surface area contributed by atoms with E-state index in [4.69, 9.17) is 4.98 Å². The lowest BCUT2D eigenvalue weighted by Crippen LogP contribution is -2.37.